The molecule has 32 heavy (non-hydrogen) atoms. The Balaban J connectivity index is 0.00000289. The molecule has 0 unspecified atom stereocenters. The van der Waals surface area contributed by atoms with Crippen molar-refractivity contribution in [2.75, 3.05) is 31.6 Å². The van der Waals surface area contributed by atoms with Gasteiger partial charge < -0.3 is 20.7 Å². The Morgan fingerprint density at radius 3 is 2.75 bits per heavy atom. The van der Waals surface area contributed by atoms with E-state index >= 15 is 0 Å². The number of nitrogens with one attached hydrogen (secondary N) is 3. The van der Waals surface area contributed by atoms with Gasteiger partial charge in [-0.3, -0.25) is 9.79 Å². The molecule has 3 N–H and O–H groups in total. The minimum Gasteiger partial charge on any atom is -0.492 e. The lowest BCUT2D eigenvalue weighted by Crippen LogP contribution is -2.40. The highest BCUT2D eigenvalue weighted by atomic mass is 127. The summed E-state index contributed by atoms with van der Waals surface area (Å²) >= 11 is 0. The highest BCUT2D eigenvalue weighted by Crippen LogP contribution is 2.49. The predicted octanol–water partition coefficient (Wildman–Crippen LogP) is 3.99. The number of ether oxygens (including phenoxy) is 1. The minimum absolute atomic E-state index is 0. The number of rotatable bonds is 8. The number of amides is 1. The Bertz CT molecular complexity index is 978. The second kappa shape index (κ2) is 11.0. The Kier molecular flexibility index (Phi) is 8.33. The zero-order chi connectivity index (χ0) is 21.7. The van der Waals surface area contributed by atoms with Crippen molar-refractivity contribution in [1.29, 1.82) is 0 Å². The van der Waals surface area contributed by atoms with Crippen molar-refractivity contribution in [3.8, 4) is 5.75 Å². The minimum atomic E-state index is -0.178. The van der Waals surface area contributed by atoms with E-state index in [1.165, 1.54) is 6.07 Å². The summed E-state index contributed by atoms with van der Waals surface area (Å²) in [6, 6.07) is 12.7. The van der Waals surface area contributed by atoms with E-state index in [0.717, 1.165) is 48.4 Å². The first kappa shape index (κ1) is 24.3. The van der Waals surface area contributed by atoms with Crippen molar-refractivity contribution >= 4 is 41.5 Å². The van der Waals surface area contributed by atoms with Crippen LogP contribution in [0, 0.1) is 5.82 Å². The maximum absolute atomic E-state index is 14.2. The number of nitrogens with zero attached hydrogens (tertiary/aromatic N) is 1. The van der Waals surface area contributed by atoms with E-state index in [1.807, 2.05) is 37.3 Å². The van der Waals surface area contributed by atoms with E-state index in [1.54, 1.807) is 6.07 Å². The van der Waals surface area contributed by atoms with Crippen molar-refractivity contribution in [3.05, 3.63) is 59.4 Å². The third kappa shape index (κ3) is 5.90. The molecule has 0 atom stereocenters. The van der Waals surface area contributed by atoms with Crippen LogP contribution in [0.4, 0.5) is 10.1 Å². The van der Waals surface area contributed by atoms with Gasteiger partial charge >= 0.3 is 0 Å². The van der Waals surface area contributed by atoms with Gasteiger partial charge in [-0.05, 0) is 61.6 Å². The lowest BCUT2D eigenvalue weighted by Gasteiger charge is -2.18. The molecule has 1 amide bonds. The van der Waals surface area contributed by atoms with E-state index < -0.39 is 0 Å². The molecule has 1 saturated carbocycles. The van der Waals surface area contributed by atoms with Crippen molar-refractivity contribution in [3.63, 3.8) is 0 Å². The van der Waals surface area contributed by atoms with Gasteiger partial charge in [0.05, 0.1) is 13.1 Å². The Labute approximate surface area is 205 Å². The number of anilines is 1. The molecule has 2 aromatic carbocycles. The number of fused-ring (bicyclic) bond motifs is 1. The molecule has 1 heterocycles. The smallest absolute Gasteiger partial charge is 0.224 e. The van der Waals surface area contributed by atoms with Crippen LogP contribution in [0.5, 0.6) is 5.75 Å². The number of benzene rings is 2. The monoisotopic (exact) mass is 552 g/mol. The Hall–Kier alpha value is -2.36. The number of guanidine groups is 1. The number of halogens is 2. The molecule has 0 radical (unpaired) electrons. The number of carbonyl (C=O) groups is 1. The molecule has 0 aromatic heterocycles. The van der Waals surface area contributed by atoms with Crippen molar-refractivity contribution < 1.29 is 13.9 Å². The fraction of sp³-hybridized carbons (Fsp3) is 0.417. The van der Waals surface area contributed by atoms with Crippen LogP contribution in [0.2, 0.25) is 0 Å². The van der Waals surface area contributed by atoms with Gasteiger partial charge in [-0.2, -0.15) is 0 Å². The van der Waals surface area contributed by atoms with E-state index in [4.69, 9.17) is 9.73 Å². The van der Waals surface area contributed by atoms with Crippen molar-refractivity contribution in [2.24, 2.45) is 4.99 Å². The summed E-state index contributed by atoms with van der Waals surface area (Å²) in [4.78, 5) is 16.2. The molecule has 2 aromatic rings. The third-order valence-electron chi connectivity index (χ3n) is 5.82. The van der Waals surface area contributed by atoms with Crippen LogP contribution < -0.4 is 20.7 Å². The summed E-state index contributed by atoms with van der Waals surface area (Å²) in [5.74, 6) is 1.41. The zero-order valence-electron chi connectivity index (χ0n) is 18.2. The van der Waals surface area contributed by atoms with Gasteiger partial charge in [0, 0.05) is 24.1 Å². The molecule has 8 heteroatoms. The second-order valence-corrected chi connectivity index (χ2v) is 8.10. The molecule has 0 saturated heterocycles. The Morgan fingerprint density at radius 2 is 2.00 bits per heavy atom. The average molecular weight is 552 g/mol. The molecular weight excluding hydrogens is 522 g/mol. The largest absolute Gasteiger partial charge is 0.492 e. The molecule has 4 rings (SSSR count). The SMILES string of the molecule is CCNC(=NCC1(c2ccccc2F)CC1)NCCOc1ccc2c(c1)CCC(=O)N2.I. The van der Waals surface area contributed by atoms with E-state index in [-0.39, 0.29) is 41.1 Å². The van der Waals surface area contributed by atoms with Crippen molar-refractivity contribution in [1.82, 2.24) is 10.6 Å². The highest BCUT2D eigenvalue weighted by molar-refractivity contribution is 14.0. The lowest BCUT2D eigenvalue weighted by atomic mass is 9.95. The second-order valence-electron chi connectivity index (χ2n) is 8.10. The summed E-state index contributed by atoms with van der Waals surface area (Å²) in [5.41, 5.74) is 2.56. The molecule has 6 nitrogen and oxygen atoms in total. The summed E-state index contributed by atoms with van der Waals surface area (Å²) in [6.45, 7) is 4.39. The fourth-order valence-corrected chi connectivity index (χ4v) is 3.91. The number of aryl methyl sites for hydroxylation is 1. The summed E-state index contributed by atoms with van der Waals surface area (Å²) in [6.07, 6.45) is 3.16. The normalized spacial score (nSPS) is 16.3. The number of hydrogen-bond donors (Lipinski definition) is 3. The lowest BCUT2D eigenvalue weighted by molar-refractivity contribution is -0.116. The molecular formula is C24H30FIN4O2. The van der Waals surface area contributed by atoms with Crippen LogP contribution in [-0.2, 0) is 16.6 Å². The molecule has 1 fully saturated rings. The number of aliphatic imine (C=N–C) groups is 1. The van der Waals surface area contributed by atoms with Gasteiger partial charge in [0.2, 0.25) is 5.91 Å². The van der Waals surface area contributed by atoms with Gasteiger partial charge in [-0.25, -0.2) is 4.39 Å². The molecule has 1 aliphatic heterocycles. The molecule has 2 aliphatic rings. The average Bonchev–Trinajstić information content (AvgIpc) is 3.56. The van der Waals surface area contributed by atoms with Gasteiger partial charge in [0.15, 0.2) is 5.96 Å². The predicted molar refractivity (Wildman–Crippen MR) is 136 cm³/mol. The van der Waals surface area contributed by atoms with Crippen LogP contribution in [-0.4, -0.2) is 38.1 Å². The van der Waals surface area contributed by atoms with Crippen molar-refractivity contribution in [2.45, 2.75) is 38.0 Å². The molecule has 0 spiro atoms. The first-order chi connectivity index (χ1) is 15.1. The summed E-state index contributed by atoms with van der Waals surface area (Å²) in [5, 5.41) is 9.41. The highest BCUT2D eigenvalue weighted by Gasteiger charge is 2.45. The van der Waals surface area contributed by atoms with Crippen LogP contribution in [0.3, 0.4) is 0 Å². The van der Waals surface area contributed by atoms with E-state index in [2.05, 4.69) is 16.0 Å². The van der Waals surface area contributed by atoms with Gasteiger partial charge in [-0.1, -0.05) is 18.2 Å². The van der Waals surface area contributed by atoms with Gasteiger partial charge in [0.25, 0.3) is 0 Å². The standard InChI is InChI=1S/C24H29FN4O2.HI/c1-2-26-23(28-16-24(11-12-24)19-5-3-4-6-20(19)25)27-13-14-31-18-8-9-21-17(15-18)7-10-22(30)29-21;/h3-6,8-9,15H,2,7,10-14,16H2,1H3,(H,29,30)(H2,26,27,28);1H. The zero-order valence-corrected chi connectivity index (χ0v) is 20.6. The van der Waals surface area contributed by atoms with E-state index in [0.29, 0.717) is 32.1 Å². The first-order valence-electron chi connectivity index (χ1n) is 10.9. The van der Waals surface area contributed by atoms with Gasteiger partial charge in [-0.15, -0.1) is 24.0 Å². The van der Waals surface area contributed by atoms with Crippen LogP contribution in [0.25, 0.3) is 0 Å². The summed E-state index contributed by atoms with van der Waals surface area (Å²) in [7, 11) is 0. The Morgan fingerprint density at radius 1 is 1.19 bits per heavy atom. The fourth-order valence-electron chi connectivity index (χ4n) is 3.91. The molecule has 1 aliphatic carbocycles. The topological polar surface area (TPSA) is 74.8 Å². The maximum Gasteiger partial charge on any atom is 0.224 e. The molecule has 172 valence electrons. The number of hydrogen-bond acceptors (Lipinski definition) is 3. The van der Waals surface area contributed by atoms with E-state index in [9.17, 15) is 9.18 Å². The van der Waals surface area contributed by atoms with Crippen LogP contribution in [0.1, 0.15) is 37.3 Å². The molecule has 0 bridgehead atoms. The van der Waals surface area contributed by atoms with Crippen LogP contribution >= 0.6 is 24.0 Å². The quantitative estimate of drug-likeness (QED) is 0.201. The first-order valence-corrected chi connectivity index (χ1v) is 10.9. The third-order valence-corrected chi connectivity index (χ3v) is 5.82. The van der Waals surface area contributed by atoms with Gasteiger partial charge in [0.1, 0.15) is 18.2 Å². The maximum atomic E-state index is 14.2. The van der Waals surface area contributed by atoms with Crippen LogP contribution in [0.15, 0.2) is 47.5 Å². The number of carbonyl (C=O) groups excluding carboxylic acids is 1. The summed E-state index contributed by atoms with van der Waals surface area (Å²) < 4.78 is 20.1.